The zero-order valence-corrected chi connectivity index (χ0v) is 20.0. The summed E-state index contributed by atoms with van der Waals surface area (Å²) in [4.78, 5) is 60.7. The summed E-state index contributed by atoms with van der Waals surface area (Å²) in [7, 11) is 0. The summed E-state index contributed by atoms with van der Waals surface area (Å²) < 4.78 is 0. The van der Waals surface area contributed by atoms with Gasteiger partial charge in [0.15, 0.2) is 0 Å². The fraction of sp³-hybridized carbons (Fsp3) is 0.435. The molecule has 0 spiro atoms. The zero-order chi connectivity index (χ0) is 25.0. The van der Waals surface area contributed by atoms with Crippen LogP contribution < -0.4 is 21.3 Å². The molecule has 0 aliphatic heterocycles. The SMILES string of the molecule is C=C(S)C(=O)NCC(=O)NC(Cc1ccccc1)C(=O)NC(CC(C)C)C(=O)NCC(C)=O. The summed E-state index contributed by atoms with van der Waals surface area (Å²) in [6, 6.07) is 7.19. The van der Waals surface area contributed by atoms with Crippen LogP contribution in [0.5, 0.6) is 0 Å². The number of hydrogen-bond donors (Lipinski definition) is 5. The molecule has 0 heterocycles. The number of carbonyl (C=O) groups excluding carboxylic acids is 5. The monoisotopic (exact) mass is 476 g/mol. The Hall–Kier alpha value is -3.14. The van der Waals surface area contributed by atoms with Crippen molar-refractivity contribution in [3.63, 3.8) is 0 Å². The number of amides is 4. The van der Waals surface area contributed by atoms with Gasteiger partial charge in [0.1, 0.15) is 17.9 Å². The molecule has 4 amide bonds. The standard InChI is InChI=1S/C23H32N4O5S/c1-14(2)10-18(22(31)24-12-15(3)28)27-23(32)19(11-17-8-6-5-7-9-17)26-20(29)13-25-21(30)16(4)33/h5-9,14,18-19,33H,4,10-13H2,1-3H3,(H,24,31)(H,25,30)(H,26,29)(H,27,32). The first-order valence-electron chi connectivity index (χ1n) is 10.6. The van der Waals surface area contributed by atoms with Gasteiger partial charge in [-0.1, -0.05) is 50.8 Å². The highest BCUT2D eigenvalue weighted by molar-refractivity contribution is 7.85. The molecule has 9 nitrogen and oxygen atoms in total. The predicted molar refractivity (Wildman–Crippen MR) is 128 cm³/mol. The van der Waals surface area contributed by atoms with Crippen LogP contribution in [0.15, 0.2) is 41.8 Å². The van der Waals surface area contributed by atoms with Crippen molar-refractivity contribution in [3.05, 3.63) is 47.4 Å². The molecule has 0 aliphatic rings. The number of rotatable bonds is 13. The van der Waals surface area contributed by atoms with Crippen LogP contribution in [0.2, 0.25) is 0 Å². The van der Waals surface area contributed by atoms with E-state index in [4.69, 9.17) is 0 Å². The summed E-state index contributed by atoms with van der Waals surface area (Å²) in [6.07, 6.45) is 0.524. The van der Waals surface area contributed by atoms with E-state index in [0.29, 0.717) is 6.42 Å². The smallest absolute Gasteiger partial charge is 0.257 e. The second-order valence-corrected chi connectivity index (χ2v) is 8.59. The van der Waals surface area contributed by atoms with Crippen LogP contribution in [0.4, 0.5) is 0 Å². The predicted octanol–water partition coefficient (Wildman–Crippen LogP) is 0.510. The van der Waals surface area contributed by atoms with Gasteiger partial charge in [-0.05, 0) is 24.8 Å². The summed E-state index contributed by atoms with van der Waals surface area (Å²) >= 11 is 3.82. The van der Waals surface area contributed by atoms with Crippen molar-refractivity contribution in [3.8, 4) is 0 Å². The fourth-order valence-electron chi connectivity index (χ4n) is 2.88. The van der Waals surface area contributed by atoms with Crippen molar-refractivity contribution in [2.24, 2.45) is 5.92 Å². The van der Waals surface area contributed by atoms with Gasteiger partial charge in [-0.15, -0.1) is 12.6 Å². The Bertz CT molecular complexity index is 873. The summed E-state index contributed by atoms with van der Waals surface area (Å²) in [5.74, 6) is -2.34. The van der Waals surface area contributed by atoms with Crippen LogP contribution >= 0.6 is 12.6 Å². The molecule has 1 aromatic carbocycles. The molecule has 0 saturated carbocycles. The lowest BCUT2D eigenvalue weighted by molar-refractivity contribution is -0.132. The second-order valence-electron chi connectivity index (χ2n) is 8.05. The van der Waals surface area contributed by atoms with Crippen molar-refractivity contribution in [2.45, 2.75) is 45.7 Å². The van der Waals surface area contributed by atoms with Crippen LogP contribution in [0.3, 0.4) is 0 Å². The molecule has 180 valence electrons. The Labute approximate surface area is 199 Å². The van der Waals surface area contributed by atoms with Gasteiger partial charge in [0.25, 0.3) is 5.91 Å². The first-order valence-corrected chi connectivity index (χ1v) is 11.0. The van der Waals surface area contributed by atoms with Crippen molar-refractivity contribution in [1.29, 1.82) is 0 Å². The number of nitrogens with one attached hydrogen (secondary N) is 4. The molecule has 4 N–H and O–H groups in total. The van der Waals surface area contributed by atoms with Crippen LogP contribution in [-0.2, 0) is 30.4 Å². The molecule has 0 bridgehead atoms. The van der Waals surface area contributed by atoms with Crippen LogP contribution in [0.1, 0.15) is 32.8 Å². The third kappa shape index (κ3) is 11.3. The maximum absolute atomic E-state index is 13.1. The lowest BCUT2D eigenvalue weighted by atomic mass is 10.0. The number of carbonyl (C=O) groups is 5. The lowest BCUT2D eigenvalue weighted by Crippen LogP contribution is -2.56. The van der Waals surface area contributed by atoms with Gasteiger partial charge in [0, 0.05) is 6.42 Å². The van der Waals surface area contributed by atoms with Crippen LogP contribution in [-0.4, -0.2) is 54.6 Å². The number of Topliss-reactive ketones (excluding diaryl/α,β-unsaturated/α-hetero) is 1. The highest BCUT2D eigenvalue weighted by Gasteiger charge is 2.27. The maximum atomic E-state index is 13.1. The fourth-order valence-corrected chi connectivity index (χ4v) is 2.96. The first-order chi connectivity index (χ1) is 15.5. The van der Waals surface area contributed by atoms with Crippen LogP contribution in [0.25, 0.3) is 0 Å². The quantitative estimate of drug-likeness (QED) is 0.209. The minimum atomic E-state index is -0.994. The molecular formula is C23H32N4O5S. The van der Waals surface area contributed by atoms with Crippen molar-refractivity contribution in [1.82, 2.24) is 21.3 Å². The Morgan fingerprint density at radius 3 is 2.09 bits per heavy atom. The van der Waals surface area contributed by atoms with Gasteiger partial charge in [-0.3, -0.25) is 24.0 Å². The average molecular weight is 477 g/mol. The van der Waals surface area contributed by atoms with Crippen molar-refractivity contribution < 1.29 is 24.0 Å². The Balaban J connectivity index is 2.96. The molecule has 2 atom stereocenters. The molecule has 2 unspecified atom stereocenters. The van der Waals surface area contributed by atoms with Crippen molar-refractivity contribution in [2.75, 3.05) is 13.1 Å². The van der Waals surface area contributed by atoms with E-state index in [1.807, 2.05) is 32.0 Å². The molecule has 1 rings (SSSR count). The average Bonchev–Trinajstić information content (AvgIpc) is 2.75. The first kappa shape index (κ1) is 27.9. The van der Waals surface area contributed by atoms with E-state index in [1.165, 1.54) is 6.92 Å². The number of thiol groups is 1. The normalized spacial score (nSPS) is 12.3. The van der Waals surface area contributed by atoms with Gasteiger partial charge >= 0.3 is 0 Å². The Kier molecular flexibility index (Phi) is 11.9. The molecule has 1 aromatic rings. The topological polar surface area (TPSA) is 133 Å². The van der Waals surface area contributed by atoms with Crippen LogP contribution in [0, 0.1) is 5.92 Å². The Morgan fingerprint density at radius 2 is 1.55 bits per heavy atom. The van der Waals surface area contributed by atoms with Gasteiger partial charge in [0.2, 0.25) is 17.7 Å². The number of benzene rings is 1. The molecule has 0 saturated heterocycles. The third-order valence-electron chi connectivity index (χ3n) is 4.46. The van der Waals surface area contributed by atoms with E-state index in [9.17, 15) is 24.0 Å². The third-order valence-corrected chi connectivity index (χ3v) is 4.66. The van der Waals surface area contributed by atoms with Gasteiger partial charge in [0.05, 0.1) is 18.0 Å². The van der Waals surface area contributed by atoms with Gasteiger partial charge in [-0.25, -0.2) is 0 Å². The molecule has 0 fully saturated rings. The van der Waals surface area contributed by atoms with E-state index in [1.54, 1.807) is 12.1 Å². The molecular weight excluding hydrogens is 444 g/mol. The lowest BCUT2D eigenvalue weighted by Gasteiger charge is -2.24. The molecule has 10 heteroatoms. The summed E-state index contributed by atoms with van der Waals surface area (Å²) in [5.41, 5.74) is 0.798. The van der Waals surface area contributed by atoms with E-state index >= 15 is 0 Å². The molecule has 0 radical (unpaired) electrons. The zero-order valence-electron chi connectivity index (χ0n) is 19.1. The van der Waals surface area contributed by atoms with Crippen molar-refractivity contribution >= 4 is 42.0 Å². The molecule has 0 aliphatic carbocycles. The minimum absolute atomic E-state index is 0.0468. The molecule has 33 heavy (non-hydrogen) atoms. The molecule has 0 aromatic heterocycles. The number of ketones is 1. The van der Waals surface area contributed by atoms with E-state index in [-0.39, 0.29) is 36.1 Å². The highest BCUT2D eigenvalue weighted by Crippen LogP contribution is 2.08. The second kappa shape index (κ2) is 14.1. The minimum Gasteiger partial charge on any atom is -0.347 e. The number of hydrogen-bond acceptors (Lipinski definition) is 6. The highest BCUT2D eigenvalue weighted by atomic mass is 32.1. The Morgan fingerprint density at radius 1 is 0.909 bits per heavy atom. The van der Waals surface area contributed by atoms with Gasteiger partial charge < -0.3 is 21.3 Å². The van der Waals surface area contributed by atoms with E-state index < -0.39 is 35.7 Å². The maximum Gasteiger partial charge on any atom is 0.257 e. The van der Waals surface area contributed by atoms with E-state index in [0.717, 1.165) is 5.56 Å². The van der Waals surface area contributed by atoms with Gasteiger partial charge in [-0.2, -0.15) is 0 Å². The summed E-state index contributed by atoms with van der Waals surface area (Å²) in [6.45, 7) is 8.02. The summed E-state index contributed by atoms with van der Waals surface area (Å²) in [5, 5.41) is 10.2. The van der Waals surface area contributed by atoms with E-state index in [2.05, 4.69) is 40.5 Å². The largest absolute Gasteiger partial charge is 0.347 e.